The second-order valence-corrected chi connectivity index (χ2v) is 9.75. The molecule has 3 heterocycles. The molecule has 31 heavy (non-hydrogen) atoms. The first-order chi connectivity index (χ1) is 14.7. The average Bonchev–Trinajstić information content (AvgIpc) is 3.29. The van der Waals surface area contributed by atoms with Gasteiger partial charge in [0, 0.05) is 37.5 Å². The molecule has 1 fully saturated rings. The fourth-order valence-electron chi connectivity index (χ4n) is 3.91. The quantitative estimate of drug-likeness (QED) is 0.653. The highest BCUT2D eigenvalue weighted by Crippen LogP contribution is 2.28. The maximum atomic E-state index is 11.5. The number of anilines is 1. The van der Waals surface area contributed by atoms with E-state index in [1.54, 1.807) is 11.6 Å². The van der Waals surface area contributed by atoms with Crippen molar-refractivity contribution in [2.24, 2.45) is 5.41 Å². The van der Waals surface area contributed by atoms with Gasteiger partial charge in [-0.1, -0.05) is 55.8 Å². The van der Waals surface area contributed by atoms with Gasteiger partial charge in [0.2, 0.25) is 5.91 Å². The molecule has 9 heteroatoms. The Bertz CT molecular complexity index is 1100. The van der Waals surface area contributed by atoms with Gasteiger partial charge >= 0.3 is 0 Å². The van der Waals surface area contributed by atoms with Crippen LogP contribution in [0.5, 0.6) is 0 Å². The average molecular weight is 442 g/mol. The van der Waals surface area contributed by atoms with Crippen LogP contribution in [0, 0.1) is 5.41 Å². The number of carbonyl (C=O) groups excluding carboxylic acids is 1. The van der Waals surface area contributed by atoms with E-state index < -0.39 is 0 Å². The Hall–Kier alpha value is -2.74. The predicted octanol–water partition coefficient (Wildman–Crippen LogP) is 3.23. The van der Waals surface area contributed by atoms with E-state index in [0.29, 0.717) is 29.3 Å². The standard InChI is InChI=1S/C22H28ClN7O/c1-14(31)24-16-9-10-29(13-16)20-19-21(26-18(25-20)11-22(2,3)4)30(28-27-19)12-15-7-5-6-8-17(15)23/h5-8,16H,9-13H2,1-4H3,(H,24,31)/t16-/m0/s1. The Morgan fingerprint density at radius 2 is 2.03 bits per heavy atom. The van der Waals surface area contributed by atoms with Gasteiger partial charge in [0.25, 0.3) is 0 Å². The van der Waals surface area contributed by atoms with Gasteiger partial charge in [0.1, 0.15) is 5.82 Å². The van der Waals surface area contributed by atoms with E-state index in [9.17, 15) is 4.79 Å². The highest BCUT2D eigenvalue weighted by molar-refractivity contribution is 6.31. The van der Waals surface area contributed by atoms with Crippen molar-refractivity contribution >= 4 is 34.5 Å². The molecule has 1 N–H and O–H groups in total. The molecule has 0 bridgehead atoms. The summed E-state index contributed by atoms with van der Waals surface area (Å²) < 4.78 is 1.79. The van der Waals surface area contributed by atoms with E-state index in [1.165, 1.54) is 0 Å². The summed E-state index contributed by atoms with van der Waals surface area (Å²) in [6.45, 7) is 10.0. The molecule has 3 aromatic rings. The smallest absolute Gasteiger partial charge is 0.217 e. The Morgan fingerprint density at radius 1 is 1.26 bits per heavy atom. The molecule has 1 amide bonds. The molecule has 1 aliphatic rings. The summed E-state index contributed by atoms with van der Waals surface area (Å²) in [6.07, 6.45) is 1.60. The van der Waals surface area contributed by atoms with Crippen molar-refractivity contribution in [3.05, 3.63) is 40.7 Å². The van der Waals surface area contributed by atoms with Crippen molar-refractivity contribution in [2.75, 3.05) is 18.0 Å². The normalized spacial score (nSPS) is 16.8. The Balaban J connectivity index is 1.74. The zero-order valence-electron chi connectivity index (χ0n) is 18.4. The van der Waals surface area contributed by atoms with Crippen molar-refractivity contribution in [1.82, 2.24) is 30.3 Å². The molecule has 0 spiro atoms. The fourth-order valence-corrected chi connectivity index (χ4v) is 4.11. The van der Waals surface area contributed by atoms with Crippen LogP contribution in [0.2, 0.25) is 5.02 Å². The number of fused-ring (bicyclic) bond motifs is 1. The number of hydrogen-bond donors (Lipinski definition) is 1. The minimum Gasteiger partial charge on any atom is -0.352 e. The lowest BCUT2D eigenvalue weighted by Crippen LogP contribution is -2.35. The molecule has 1 saturated heterocycles. The zero-order valence-corrected chi connectivity index (χ0v) is 19.1. The van der Waals surface area contributed by atoms with Crippen LogP contribution >= 0.6 is 11.6 Å². The van der Waals surface area contributed by atoms with E-state index in [1.807, 2.05) is 24.3 Å². The van der Waals surface area contributed by atoms with Crippen LogP contribution in [0.4, 0.5) is 5.82 Å². The van der Waals surface area contributed by atoms with E-state index in [2.05, 4.69) is 41.3 Å². The van der Waals surface area contributed by atoms with Crippen LogP contribution in [-0.4, -0.2) is 50.0 Å². The molecular weight excluding hydrogens is 414 g/mol. The Morgan fingerprint density at radius 3 is 2.74 bits per heavy atom. The van der Waals surface area contributed by atoms with Crippen LogP contribution in [0.15, 0.2) is 24.3 Å². The third kappa shape index (κ3) is 4.95. The van der Waals surface area contributed by atoms with Crippen LogP contribution in [0.25, 0.3) is 11.2 Å². The minimum absolute atomic E-state index is 0.0150. The summed E-state index contributed by atoms with van der Waals surface area (Å²) in [5.74, 6) is 1.53. The van der Waals surface area contributed by atoms with Crippen LogP contribution in [0.1, 0.15) is 45.5 Å². The van der Waals surface area contributed by atoms with Crippen molar-refractivity contribution < 1.29 is 4.79 Å². The molecule has 2 aromatic heterocycles. The summed E-state index contributed by atoms with van der Waals surface area (Å²) >= 11 is 6.37. The van der Waals surface area contributed by atoms with E-state index >= 15 is 0 Å². The second kappa shape index (κ2) is 8.42. The molecule has 4 rings (SSSR count). The molecule has 1 aromatic carbocycles. The lowest BCUT2D eigenvalue weighted by atomic mass is 9.92. The highest BCUT2D eigenvalue weighted by atomic mass is 35.5. The summed E-state index contributed by atoms with van der Waals surface area (Å²) in [5, 5.41) is 12.5. The molecule has 1 aliphatic heterocycles. The topological polar surface area (TPSA) is 88.8 Å². The molecule has 1 atom stereocenters. The van der Waals surface area contributed by atoms with Gasteiger partial charge in [0.15, 0.2) is 17.0 Å². The number of benzene rings is 1. The van der Waals surface area contributed by atoms with Crippen LogP contribution in [0.3, 0.4) is 0 Å². The fraction of sp³-hybridized carbons (Fsp3) is 0.500. The number of nitrogens with one attached hydrogen (secondary N) is 1. The summed E-state index contributed by atoms with van der Waals surface area (Å²) in [7, 11) is 0. The van der Waals surface area contributed by atoms with Crippen molar-refractivity contribution in [2.45, 2.75) is 53.1 Å². The molecule has 8 nitrogen and oxygen atoms in total. The maximum absolute atomic E-state index is 11.5. The first kappa shape index (κ1) is 21.5. The number of nitrogens with zero attached hydrogens (tertiary/aromatic N) is 6. The Kier molecular flexibility index (Phi) is 5.83. The van der Waals surface area contributed by atoms with Crippen molar-refractivity contribution in [1.29, 1.82) is 0 Å². The number of hydrogen-bond acceptors (Lipinski definition) is 6. The maximum Gasteiger partial charge on any atom is 0.217 e. The first-order valence-electron chi connectivity index (χ1n) is 10.6. The van der Waals surface area contributed by atoms with Gasteiger partial charge in [-0.25, -0.2) is 14.6 Å². The molecular formula is C22H28ClN7O. The third-order valence-electron chi connectivity index (χ3n) is 5.25. The molecule has 164 valence electrons. The number of rotatable bonds is 5. The lowest BCUT2D eigenvalue weighted by Gasteiger charge is -2.21. The molecule has 0 unspecified atom stereocenters. The summed E-state index contributed by atoms with van der Waals surface area (Å²) in [5.41, 5.74) is 2.37. The largest absolute Gasteiger partial charge is 0.352 e. The first-order valence-corrected chi connectivity index (χ1v) is 10.9. The minimum atomic E-state index is -0.0150. The number of halogens is 1. The van der Waals surface area contributed by atoms with Gasteiger partial charge < -0.3 is 10.2 Å². The third-order valence-corrected chi connectivity index (χ3v) is 5.62. The van der Waals surface area contributed by atoms with Gasteiger partial charge in [-0.15, -0.1) is 5.10 Å². The van der Waals surface area contributed by atoms with Gasteiger partial charge in [0.05, 0.1) is 6.54 Å². The summed E-state index contributed by atoms with van der Waals surface area (Å²) in [4.78, 5) is 23.4. The predicted molar refractivity (Wildman–Crippen MR) is 121 cm³/mol. The molecule has 0 saturated carbocycles. The number of aromatic nitrogens is 5. The summed E-state index contributed by atoms with van der Waals surface area (Å²) in [6, 6.07) is 7.82. The van der Waals surface area contributed by atoms with Crippen molar-refractivity contribution in [3.63, 3.8) is 0 Å². The second-order valence-electron chi connectivity index (χ2n) is 9.34. The van der Waals surface area contributed by atoms with Gasteiger partial charge in [-0.2, -0.15) is 0 Å². The lowest BCUT2D eigenvalue weighted by molar-refractivity contribution is -0.119. The van der Waals surface area contributed by atoms with Crippen molar-refractivity contribution in [3.8, 4) is 0 Å². The van der Waals surface area contributed by atoms with E-state index in [-0.39, 0.29) is 17.4 Å². The van der Waals surface area contributed by atoms with Crippen LogP contribution in [-0.2, 0) is 17.8 Å². The number of carbonyl (C=O) groups is 1. The van der Waals surface area contributed by atoms with E-state index in [4.69, 9.17) is 21.6 Å². The van der Waals surface area contributed by atoms with E-state index in [0.717, 1.165) is 36.6 Å². The molecule has 0 aliphatic carbocycles. The van der Waals surface area contributed by atoms with Gasteiger partial charge in [-0.3, -0.25) is 4.79 Å². The van der Waals surface area contributed by atoms with Gasteiger partial charge in [-0.05, 0) is 23.5 Å². The molecule has 0 radical (unpaired) electrons. The zero-order chi connectivity index (χ0) is 22.2. The highest BCUT2D eigenvalue weighted by Gasteiger charge is 2.28. The van der Waals surface area contributed by atoms with Crippen LogP contribution < -0.4 is 10.2 Å². The number of amides is 1. The SMILES string of the molecule is CC(=O)N[C@H]1CCN(c2nc(CC(C)(C)C)nc3c2nnn3Cc2ccccc2Cl)C1. The Labute approximate surface area is 187 Å². The monoisotopic (exact) mass is 441 g/mol.